The maximum Gasteiger partial charge on any atom is 0.183 e. The third-order valence-corrected chi connectivity index (χ3v) is 4.62. The van der Waals surface area contributed by atoms with Gasteiger partial charge >= 0.3 is 0 Å². The fourth-order valence-corrected chi connectivity index (χ4v) is 3.53. The van der Waals surface area contributed by atoms with Crippen LogP contribution < -0.4 is 5.32 Å². The Bertz CT molecular complexity index is 523. The highest BCUT2D eigenvalue weighted by molar-refractivity contribution is 9.10. The minimum atomic E-state index is 0.476. The number of fused-ring (bicyclic) bond motifs is 1. The Kier molecular flexibility index (Phi) is 4.62. The minimum absolute atomic E-state index is 0.476. The summed E-state index contributed by atoms with van der Waals surface area (Å²) in [6, 6.07) is 6.69. The fourth-order valence-electron chi connectivity index (χ4n) is 2.00. The monoisotopic (exact) mass is 326 g/mol. The molecule has 0 aliphatic heterocycles. The van der Waals surface area contributed by atoms with Gasteiger partial charge in [-0.25, -0.2) is 4.98 Å². The highest BCUT2D eigenvalue weighted by Crippen LogP contribution is 2.29. The Balaban J connectivity index is 2.07. The standard InChI is InChI=1S/C14H19BrN2S/c1-4-9(2)7-10(3)16-14-17-12-6-5-11(15)8-13(12)18-14/h5-6,8-10H,4,7H2,1-3H3,(H,16,17). The Morgan fingerprint density at radius 3 is 2.89 bits per heavy atom. The van der Waals surface area contributed by atoms with E-state index in [1.807, 2.05) is 6.07 Å². The molecule has 18 heavy (non-hydrogen) atoms. The molecule has 0 bridgehead atoms. The first-order valence-corrected chi connectivity index (χ1v) is 8.02. The summed E-state index contributed by atoms with van der Waals surface area (Å²) in [5.74, 6) is 0.760. The zero-order valence-corrected chi connectivity index (χ0v) is 13.4. The van der Waals surface area contributed by atoms with Crippen molar-refractivity contribution in [2.24, 2.45) is 5.92 Å². The largest absolute Gasteiger partial charge is 0.359 e. The summed E-state index contributed by atoms with van der Waals surface area (Å²) in [5, 5.41) is 4.53. The van der Waals surface area contributed by atoms with E-state index < -0.39 is 0 Å². The number of hydrogen-bond acceptors (Lipinski definition) is 3. The summed E-state index contributed by atoms with van der Waals surface area (Å²) >= 11 is 5.22. The van der Waals surface area contributed by atoms with Crippen molar-refractivity contribution in [3.63, 3.8) is 0 Å². The summed E-state index contributed by atoms with van der Waals surface area (Å²) in [4.78, 5) is 4.61. The second kappa shape index (κ2) is 6.02. The topological polar surface area (TPSA) is 24.9 Å². The molecule has 0 amide bonds. The number of hydrogen-bond donors (Lipinski definition) is 1. The number of rotatable bonds is 5. The van der Waals surface area contributed by atoms with Crippen LogP contribution in [0.4, 0.5) is 5.13 Å². The van der Waals surface area contributed by atoms with Gasteiger partial charge in [0.1, 0.15) is 0 Å². The van der Waals surface area contributed by atoms with Crippen molar-refractivity contribution in [2.45, 2.75) is 39.7 Å². The molecule has 0 fully saturated rings. The number of nitrogens with one attached hydrogen (secondary N) is 1. The van der Waals surface area contributed by atoms with Gasteiger partial charge in [-0.2, -0.15) is 0 Å². The molecule has 4 heteroatoms. The zero-order valence-electron chi connectivity index (χ0n) is 11.0. The van der Waals surface area contributed by atoms with Crippen molar-refractivity contribution in [3.05, 3.63) is 22.7 Å². The summed E-state index contributed by atoms with van der Waals surface area (Å²) in [5.41, 5.74) is 1.07. The molecule has 0 radical (unpaired) electrons. The molecule has 1 N–H and O–H groups in total. The third-order valence-electron chi connectivity index (χ3n) is 3.17. The lowest BCUT2D eigenvalue weighted by Crippen LogP contribution is -2.17. The Labute approximate surface area is 121 Å². The Morgan fingerprint density at radius 1 is 1.39 bits per heavy atom. The molecule has 98 valence electrons. The molecule has 0 aliphatic carbocycles. The maximum atomic E-state index is 4.61. The van der Waals surface area contributed by atoms with Gasteiger partial charge in [0.2, 0.25) is 0 Å². The lowest BCUT2D eigenvalue weighted by molar-refractivity contribution is 0.484. The summed E-state index contributed by atoms with van der Waals surface area (Å²) in [7, 11) is 0. The van der Waals surface area contributed by atoms with E-state index in [-0.39, 0.29) is 0 Å². The first-order valence-electron chi connectivity index (χ1n) is 6.41. The number of benzene rings is 1. The van der Waals surface area contributed by atoms with E-state index in [0.29, 0.717) is 6.04 Å². The molecule has 1 heterocycles. The van der Waals surface area contributed by atoms with Crippen LogP contribution in [0.15, 0.2) is 22.7 Å². The number of halogens is 1. The molecular weight excluding hydrogens is 308 g/mol. The average molecular weight is 327 g/mol. The average Bonchev–Trinajstić information content (AvgIpc) is 2.69. The fraction of sp³-hybridized carbons (Fsp3) is 0.500. The van der Waals surface area contributed by atoms with E-state index in [2.05, 4.69) is 59.1 Å². The van der Waals surface area contributed by atoms with E-state index in [1.54, 1.807) is 11.3 Å². The predicted molar refractivity (Wildman–Crippen MR) is 84.5 cm³/mol. The molecule has 2 unspecified atom stereocenters. The van der Waals surface area contributed by atoms with E-state index in [4.69, 9.17) is 0 Å². The molecule has 2 atom stereocenters. The van der Waals surface area contributed by atoms with Crippen LogP contribution in [-0.2, 0) is 0 Å². The molecule has 0 aliphatic rings. The van der Waals surface area contributed by atoms with Crippen molar-refractivity contribution in [1.29, 1.82) is 0 Å². The molecular formula is C14H19BrN2S. The second-order valence-corrected chi connectivity index (χ2v) is 6.87. The molecule has 2 aromatic rings. The summed E-state index contributed by atoms with van der Waals surface area (Å²) in [6.45, 7) is 6.77. The summed E-state index contributed by atoms with van der Waals surface area (Å²) < 4.78 is 2.33. The van der Waals surface area contributed by atoms with Crippen molar-refractivity contribution in [2.75, 3.05) is 5.32 Å². The first kappa shape index (κ1) is 13.8. The molecule has 2 nitrogen and oxygen atoms in total. The zero-order chi connectivity index (χ0) is 13.1. The predicted octanol–water partition coefficient (Wildman–Crippen LogP) is 5.30. The first-order chi connectivity index (χ1) is 8.58. The van der Waals surface area contributed by atoms with Crippen molar-refractivity contribution in [1.82, 2.24) is 4.98 Å². The number of thiazole rings is 1. The van der Waals surface area contributed by atoms with Crippen LogP contribution in [0.2, 0.25) is 0 Å². The smallest absolute Gasteiger partial charge is 0.183 e. The van der Waals surface area contributed by atoms with E-state index in [0.717, 1.165) is 21.0 Å². The van der Waals surface area contributed by atoms with Gasteiger partial charge in [-0.3, -0.25) is 0 Å². The Hall–Kier alpha value is -0.610. The van der Waals surface area contributed by atoms with Crippen LogP contribution in [0.3, 0.4) is 0 Å². The highest BCUT2D eigenvalue weighted by atomic mass is 79.9. The Morgan fingerprint density at radius 2 is 2.17 bits per heavy atom. The molecule has 0 saturated heterocycles. The third kappa shape index (κ3) is 3.45. The van der Waals surface area contributed by atoms with Gasteiger partial charge in [-0.1, -0.05) is 47.5 Å². The van der Waals surface area contributed by atoms with Gasteiger partial charge in [0.25, 0.3) is 0 Å². The van der Waals surface area contributed by atoms with Gasteiger partial charge in [0.15, 0.2) is 5.13 Å². The van der Waals surface area contributed by atoms with Crippen LogP contribution in [0.5, 0.6) is 0 Å². The molecule has 2 rings (SSSR count). The lowest BCUT2D eigenvalue weighted by Gasteiger charge is -2.16. The van der Waals surface area contributed by atoms with Gasteiger partial charge in [-0.15, -0.1) is 0 Å². The van der Waals surface area contributed by atoms with Crippen molar-refractivity contribution < 1.29 is 0 Å². The maximum absolute atomic E-state index is 4.61. The molecule has 1 aromatic heterocycles. The van der Waals surface area contributed by atoms with Crippen LogP contribution in [-0.4, -0.2) is 11.0 Å². The van der Waals surface area contributed by atoms with E-state index in [1.165, 1.54) is 17.5 Å². The quantitative estimate of drug-likeness (QED) is 0.806. The lowest BCUT2D eigenvalue weighted by atomic mass is 10.0. The molecule has 0 spiro atoms. The normalized spacial score (nSPS) is 14.7. The van der Waals surface area contributed by atoms with E-state index >= 15 is 0 Å². The number of aromatic nitrogens is 1. The second-order valence-electron chi connectivity index (χ2n) is 4.93. The van der Waals surface area contributed by atoms with Gasteiger partial charge in [0.05, 0.1) is 10.2 Å². The van der Waals surface area contributed by atoms with Gasteiger partial charge in [-0.05, 0) is 37.5 Å². The minimum Gasteiger partial charge on any atom is -0.359 e. The number of nitrogens with zero attached hydrogens (tertiary/aromatic N) is 1. The SMILES string of the molecule is CCC(C)CC(C)Nc1nc2ccc(Br)cc2s1. The van der Waals surface area contributed by atoms with Crippen LogP contribution in [0.25, 0.3) is 10.2 Å². The number of anilines is 1. The molecule has 1 aromatic carbocycles. The van der Waals surface area contributed by atoms with Gasteiger partial charge in [0, 0.05) is 10.5 Å². The van der Waals surface area contributed by atoms with Crippen LogP contribution >= 0.6 is 27.3 Å². The van der Waals surface area contributed by atoms with Crippen molar-refractivity contribution in [3.8, 4) is 0 Å². The summed E-state index contributed by atoms with van der Waals surface area (Å²) in [6.07, 6.45) is 2.43. The molecule has 0 saturated carbocycles. The van der Waals surface area contributed by atoms with Crippen LogP contribution in [0.1, 0.15) is 33.6 Å². The van der Waals surface area contributed by atoms with Crippen LogP contribution in [0, 0.1) is 5.92 Å². The van der Waals surface area contributed by atoms with Crippen molar-refractivity contribution >= 4 is 42.6 Å². The van der Waals surface area contributed by atoms with E-state index in [9.17, 15) is 0 Å². The van der Waals surface area contributed by atoms with Gasteiger partial charge < -0.3 is 5.32 Å². The highest BCUT2D eigenvalue weighted by Gasteiger charge is 2.10.